The molecule has 2 amide bonds. The smallest absolute Gasteiger partial charge is 0.323 e. The molecule has 0 heterocycles. The van der Waals surface area contributed by atoms with Gasteiger partial charge in [-0.05, 0) is 42.5 Å². The second-order valence-corrected chi connectivity index (χ2v) is 5.55. The predicted molar refractivity (Wildman–Crippen MR) is 77.1 cm³/mol. The monoisotopic (exact) mass is 296 g/mol. The number of halogens is 1. The number of carboxylic acids is 1. The van der Waals surface area contributed by atoms with Gasteiger partial charge < -0.3 is 10.4 Å². The van der Waals surface area contributed by atoms with Gasteiger partial charge in [0.25, 0.3) is 0 Å². The lowest BCUT2D eigenvalue weighted by Crippen LogP contribution is -2.43. The second-order valence-electron chi connectivity index (χ2n) is 5.12. The van der Waals surface area contributed by atoms with Gasteiger partial charge >= 0.3 is 12.0 Å². The van der Waals surface area contributed by atoms with E-state index in [1.54, 1.807) is 24.3 Å². The molecular weight excluding hydrogens is 280 g/mol. The Kier molecular flexibility index (Phi) is 4.49. The number of aliphatic carboxylic acids is 1. The third kappa shape index (κ3) is 3.87. The van der Waals surface area contributed by atoms with E-state index in [-0.39, 0.29) is 6.54 Å². The van der Waals surface area contributed by atoms with Crippen LogP contribution in [0, 0.1) is 11.8 Å². The molecule has 1 fully saturated rings. The van der Waals surface area contributed by atoms with Crippen LogP contribution in [0.2, 0.25) is 5.02 Å². The largest absolute Gasteiger partial charge is 0.480 e. The molecule has 0 aliphatic heterocycles. The van der Waals surface area contributed by atoms with Crippen LogP contribution in [0.15, 0.2) is 24.3 Å². The molecule has 1 aromatic carbocycles. The minimum absolute atomic E-state index is 0.381. The molecule has 2 rings (SSSR count). The number of carbonyl (C=O) groups is 2. The highest BCUT2D eigenvalue weighted by molar-refractivity contribution is 6.30. The van der Waals surface area contributed by atoms with Crippen molar-refractivity contribution in [1.82, 2.24) is 5.32 Å². The van der Waals surface area contributed by atoms with Gasteiger partial charge in [0.05, 0.1) is 0 Å². The SMILES string of the molecule is CC1CC1CNC(=O)N(CC(=O)O)c1ccc(Cl)cc1. The zero-order chi connectivity index (χ0) is 14.7. The van der Waals surface area contributed by atoms with Gasteiger partial charge in [0.15, 0.2) is 0 Å². The molecule has 0 bridgehead atoms. The van der Waals surface area contributed by atoms with Gasteiger partial charge in [-0.25, -0.2) is 4.79 Å². The lowest BCUT2D eigenvalue weighted by atomic mass is 10.3. The lowest BCUT2D eigenvalue weighted by molar-refractivity contribution is -0.135. The molecule has 0 aromatic heterocycles. The van der Waals surface area contributed by atoms with E-state index in [0.29, 0.717) is 29.1 Å². The van der Waals surface area contributed by atoms with Crippen molar-refractivity contribution in [2.75, 3.05) is 18.0 Å². The number of nitrogens with zero attached hydrogens (tertiary/aromatic N) is 1. The third-order valence-corrected chi connectivity index (χ3v) is 3.72. The molecule has 0 spiro atoms. The van der Waals surface area contributed by atoms with Gasteiger partial charge in [-0.3, -0.25) is 9.69 Å². The topological polar surface area (TPSA) is 69.6 Å². The number of hydrogen-bond acceptors (Lipinski definition) is 2. The summed E-state index contributed by atoms with van der Waals surface area (Å²) in [4.78, 5) is 24.2. The van der Waals surface area contributed by atoms with Crippen LogP contribution in [0.3, 0.4) is 0 Å². The number of hydrogen-bond donors (Lipinski definition) is 2. The zero-order valence-electron chi connectivity index (χ0n) is 11.2. The summed E-state index contributed by atoms with van der Waals surface area (Å²) >= 11 is 5.79. The van der Waals surface area contributed by atoms with Gasteiger partial charge in [-0.1, -0.05) is 18.5 Å². The maximum atomic E-state index is 12.1. The van der Waals surface area contributed by atoms with Crippen LogP contribution in [0.4, 0.5) is 10.5 Å². The van der Waals surface area contributed by atoms with E-state index in [0.717, 1.165) is 6.42 Å². The molecule has 2 unspecified atom stereocenters. The first-order valence-corrected chi connectivity index (χ1v) is 6.88. The van der Waals surface area contributed by atoms with Crippen molar-refractivity contribution in [3.05, 3.63) is 29.3 Å². The number of carbonyl (C=O) groups excluding carboxylic acids is 1. The van der Waals surface area contributed by atoms with E-state index in [1.807, 2.05) is 0 Å². The van der Waals surface area contributed by atoms with Crippen LogP contribution >= 0.6 is 11.6 Å². The molecule has 6 heteroatoms. The quantitative estimate of drug-likeness (QED) is 0.877. The number of benzene rings is 1. The molecule has 1 aromatic rings. The summed E-state index contributed by atoms with van der Waals surface area (Å²) in [6.07, 6.45) is 1.11. The second kappa shape index (κ2) is 6.13. The standard InChI is InChI=1S/C14H17ClN2O3/c1-9-6-10(9)7-16-14(20)17(8-13(18)19)12-4-2-11(15)3-5-12/h2-5,9-10H,6-8H2,1H3,(H,16,20)(H,18,19). The third-order valence-electron chi connectivity index (χ3n) is 3.47. The van der Waals surface area contributed by atoms with Crippen molar-refractivity contribution >= 4 is 29.3 Å². The van der Waals surface area contributed by atoms with Gasteiger partial charge in [0.1, 0.15) is 6.54 Å². The Hall–Kier alpha value is -1.75. The summed E-state index contributed by atoms with van der Waals surface area (Å²) in [7, 11) is 0. The summed E-state index contributed by atoms with van der Waals surface area (Å²) in [5.41, 5.74) is 0.512. The van der Waals surface area contributed by atoms with Crippen molar-refractivity contribution in [3.8, 4) is 0 Å². The summed E-state index contributed by atoms with van der Waals surface area (Å²) in [6, 6.07) is 6.12. The van der Waals surface area contributed by atoms with Crippen molar-refractivity contribution in [1.29, 1.82) is 0 Å². The zero-order valence-corrected chi connectivity index (χ0v) is 11.9. The van der Waals surface area contributed by atoms with E-state index in [1.165, 1.54) is 4.90 Å². The first-order chi connectivity index (χ1) is 9.47. The minimum atomic E-state index is -1.06. The fraction of sp³-hybridized carbons (Fsp3) is 0.429. The Balaban J connectivity index is 2.03. The maximum Gasteiger partial charge on any atom is 0.323 e. The Morgan fingerprint density at radius 1 is 1.40 bits per heavy atom. The van der Waals surface area contributed by atoms with Gasteiger partial charge in [-0.2, -0.15) is 0 Å². The Bertz CT molecular complexity index is 504. The molecule has 5 nitrogen and oxygen atoms in total. The van der Waals surface area contributed by atoms with E-state index in [4.69, 9.17) is 16.7 Å². The molecular formula is C14H17ClN2O3. The van der Waals surface area contributed by atoms with Crippen LogP contribution in [0.5, 0.6) is 0 Å². The normalized spacial score (nSPS) is 20.3. The summed E-state index contributed by atoms with van der Waals surface area (Å²) < 4.78 is 0. The van der Waals surface area contributed by atoms with Crippen LogP contribution < -0.4 is 10.2 Å². The van der Waals surface area contributed by atoms with E-state index in [2.05, 4.69) is 12.2 Å². The summed E-state index contributed by atoms with van der Waals surface area (Å²) in [5.74, 6) is 0.0875. The number of urea groups is 1. The van der Waals surface area contributed by atoms with E-state index < -0.39 is 12.0 Å². The van der Waals surface area contributed by atoms with Crippen molar-refractivity contribution in [3.63, 3.8) is 0 Å². The molecule has 1 saturated carbocycles. The van der Waals surface area contributed by atoms with Crippen molar-refractivity contribution < 1.29 is 14.7 Å². The Labute approximate surface area is 122 Å². The molecule has 1 aliphatic rings. The first kappa shape index (κ1) is 14.7. The number of anilines is 1. The average Bonchev–Trinajstić information content (AvgIpc) is 3.10. The molecule has 1 aliphatic carbocycles. The Morgan fingerprint density at radius 3 is 2.50 bits per heavy atom. The van der Waals surface area contributed by atoms with Crippen LogP contribution in [-0.2, 0) is 4.79 Å². The molecule has 0 radical (unpaired) electrons. The van der Waals surface area contributed by atoms with E-state index >= 15 is 0 Å². The van der Waals surface area contributed by atoms with Crippen LogP contribution in [-0.4, -0.2) is 30.2 Å². The average molecular weight is 297 g/mol. The van der Waals surface area contributed by atoms with E-state index in [9.17, 15) is 9.59 Å². The van der Waals surface area contributed by atoms with Crippen LogP contribution in [0.1, 0.15) is 13.3 Å². The highest BCUT2D eigenvalue weighted by Gasteiger charge is 2.33. The highest BCUT2D eigenvalue weighted by atomic mass is 35.5. The first-order valence-electron chi connectivity index (χ1n) is 6.50. The van der Waals surface area contributed by atoms with Crippen LogP contribution in [0.25, 0.3) is 0 Å². The predicted octanol–water partition coefficient (Wildman–Crippen LogP) is 2.60. The Morgan fingerprint density at radius 2 is 2.00 bits per heavy atom. The fourth-order valence-corrected chi connectivity index (χ4v) is 2.16. The number of nitrogens with one attached hydrogen (secondary N) is 1. The van der Waals surface area contributed by atoms with Gasteiger partial charge in [-0.15, -0.1) is 0 Å². The van der Waals surface area contributed by atoms with Gasteiger partial charge in [0, 0.05) is 17.3 Å². The molecule has 2 atom stereocenters. The molecule has 0 saturated heterocycles. The van der Waals surface area contributed by atoms with Gasteiger partial charge in [0.2, 0.25) is 0 Å². The fourth-order valence-electron chi connectivity index (χ4n) is 2.03. The molecule has 108 valence electrons. The van der Waals surface area contributed by atoms with Crippen molar-refractivity contribution in [2.45, 2.75) is 13.3 Å². The maximum absolute atomic E-state index is 12.1. The summed E-state index contributed by atoms with van der Waals surface area (Å²) in [6.45, 7) is 2.34. The minimum Gasteiger partial charge on any atom is -0.480 e. The molecule has 2 N–H and O–H groups in total. The lowest BCUT2D eigenvalue weighted by Gasteiger charge is -2.21. The van der Waals surface area contributed by atoms with Crippen molar-refractivity contribution in [2.24, 2.45) is 11.8 Å². The molecule has 20 heavy (non-hydrogen) atoms. The number of carboxylic acid groups (broad SMARTS) is 1. The number of amides is 2. The highest BCUT2D eigenvalue weighted by Crippen LogP contribution is 2.36. The summed E-state index contributed by atoms with van der Waals surface area (Å²) in [5, 5.41) is 12.3. The number of rotatable bonds is 5.